The largest absolute Gasteiger partial charge is 0.451 e. The second kappa shape index (κ2) is 7.39. The highest BCUT2D eigenvalue weighted by atomic mass is 32.1. The molecule has 2 aromatic carbocycles. The van der Waals surface area contributed by atoms with E-state index in [9.17, 15) is 4.79 Å². The second-order valence-electron chi connectivity index (χ2n) is 7.33. The van der Waals surface area contributed by atoms with Crippen LogP contribution in [0.3, 0.4) is 0 Å². The van der Waals surface area contributed by atoms with Gasteiger partial charge in [0.05, 0.1) is 16.8 Å². The van der Waals surface area contributed by atoms with Crippen molar-refractivity contribution in [2.24, 2.45) is 0 Å². The minimum absolute atomic E-state index is 0.219. The maximum absolute atomic E-state index is 13.5. The monoisotopic (exact) mass is 413 g/mol. The summed E-state index contributed by atoms with van der Waals surface area (Å²) in [6.07, 6.45) is 3.49. The zero-order valence-electron chi connectivity index (χ0n) is 16.6. The molecule has 6 heteroatoms. The number of carbonyl (C=O) groups excluding carboxylic acids is 1. The van der Waals surface area contributed by atoms with Gasteiger partial charge in [-0.25, -0.2) is 4.98 Å². The van der Waals surface area contributed by atoms with Gasteiger partial charge in [0, 0.05) is 17.8 Å². The highest BCUT2D eigenvalue weighted by Crippen LogP contribution is 2.33. The van der Waals surface area contributed by atoms with Crippen LogP contribution in [0, 0.1) is 13.8 Å². The Bertz CT molecular complexity index is 1340. The molecule has 0 bridgehead atoms. The van der Waals surface area contributed by atoms with Gasteiger partial charge in [0.25, 0.3) is 5.91 Å². The molecule has 0 unspecified atom stereocenters. The molecule has 5 rings (SSSR count). The van der Waals surface area contributed by atoms with Crippen LogP contribution >= 0.6 is 11.3 Å². The molecule has 0 atom stereocenters. The lowest BCUT2D eigenvalue weighted by Gasteiger charge is -2.18. The van der Waals surface area contributed by atoms with Crippen molar-refractivity contribution in [1.29, 1.82) is 0 Å². The van der Waals surface area contributed by atoms with Crippen LogP contribution in [0.5, 0.6) is 0 Å². The summed E-state index contributed by atoms with van der Waals surface area (Å²) in [5, 5.41) is 1.55. The molecule has 30 heavy (non-hydrogen) atoms. The van der Waals surface area contributed by atoms with Crippen molar-refractivity contribution in [2.75, 3.05) is 4.90 Å². The van der Waals surface area contributed by atoms with Gasteiger partial charge in [-0.15, -0.1) is 0 Å². The Labute approximate surface area is 177 Å². The van der Waals surface area contributed by atoms with Crippen LogP contribution in [-0.4, -0.2) is 15.9 Å². The second-order valence-corrected chi connectivity index (χ2v) is 8.34. The van der Waals surface area contributed by atoms with Crippen molar-refractivity contribution in [3.63, 3.8) is 0 Å². The number of hydrogen-bond acceptors (Lipinski definition) is 5. The van der Waals surface area contributed by atoms with Gasteiger partial charge in [-0.3, -0.25) is 14.7 Å². The number of benzene rings is 2. The van der Waals surface area contributed by atoms with E-state index in [0.29, 0.717) is 23.0 Å². The number of thiazole rings is 1. The predicted octanol–water partition coefficient (Wildman–Crippen LogP) is 5.90. The molecular formula is C24H19N3O2S. The van der Waals surface area contributed by atoms with E-state index in [2.05, 4.69) is 24.0 Å². The van der Waals surface area contributed by atoms with Crippen molar-refractivity contribution in [3.8, 4) is 0 Å². The molecule has 0 spiro atoms. The van der Waals surface area contributed by atoms with Crippen molar-refractivity contribution in [1.82, 2.24) is 9.97 Å². The number of anilines is 1. The minimum atomic E-state index is -0.219. The lowest BCUT2D eigenvalue weighted by molar-refractivity contribution is 0.0960. The first kappa shape index (κ1) is 18.5. The fourth-order valence-electron chi connectivity index (χ4n) is 3.60. The molecule has 3 heterocycles. The molecule has 148 valence electrons. The van der Waals surface area contributed by atoms with E-state index in [-0.39, 0.29) is 5.91 Å². The average Bonchev–Trinajstić information content (AvgIpc) is 3.36. The maximum Gasteiger partial charge on any atom is 0.296 e. The Morgan fingerprint density at radius 1 is 1.10 bits per heavy atom. The van der Waals surface area contributed by atoms with E-state index in [1.54, 1.807) is 23.4 Å². The van der Waals surface area contributed by atoms with Gasteiger partial charge in [0.1, 0.15) is 5.58 Å². The van der Waals surface area contributed by atoms with Gasteiger partial charge in [-0.1, -0.05) is 41.7 Å². The van der Waals surface area contributed by atoms with Crippen LogP contribution in [-0.2, 0) is 6.54 Å². The molecular weight excluding hydrogens is 394 g/mol. The van der Waals surface area contributed by atoms with Crippen LogP contribution in [0.15, 0.2) is 71.4 Å². The Kier molecular flexibility index (Phi) is 4.56. The van der Waals surface area contributed by atoms with Crippen LogP contribution < -0.4 is 4.90 Å². The van der Waals surface area contributed by atoms with E-state index in [1.165, 1.54) is 16.9 Å². The van der Waals surface area contributed by atoms with Gasteiger partial charge in [-0.2, -0.15) is 0 Å². The summed E-state index contributed by atoms with van der Waals surface area (Å²) >= 11 is 1.51. The van der Waals surface area contributed by atoms with Crippen LogP contribution in [0.1, 0.15) is 27.2 Å². The van der Waals surface area contributed by atoms with Crippen molar-refractivity contribution < 1.29 is 9.21 Å². The normalized spacial score (nSPS) is 11.3. The van der Waals surface area contributed by atoms with Crippen molar-refractivity contribution in [2.45, 2.75) is 20.4 Å². The number of rotatable bonds is 4. The maximum atomic E-state index is 13.5. The topological polar surface area (TPSA) is 59.2 Å². The molecule has 0 saturated heterocycles. The van der Waals surface area contributed by atoms with Gasteiger partial charge in [0.2, 0.25) is 0 Å². The molecule has 0 saturated carbocycles. The smallest absolute Gasteiger partial charge is 0.296 e. The van der Waals surface area contributed by atoms with Gasteiger partial charge in [0.15, 0.2) is 10.9 Å². The molecule has 0 aliphatic carbocycles. The summed E-state index contributed by atoms with van der Waals surface area (Å²) in [5.74, 6) is 0.0794. The van der Waals surface area contributed by atoms with E-state index in [0.717, 1.165) is 26.7 Å². The Hall–Kier alpha value is -3.51. The average molecular weight is 414 g/mol. The standard InChI is InChI=1S/C24H19N3O2S/c1-15-10-16(2)22-21(11-15)30-24(26-22)27(14-17-6-5-9-25-13-17)23(28)20-12-18-7-3-4-8-19(18)29-20/h3-13H,14H2,1-2H3. The van der Waals surface area contributed by atoms with Gasteiger partial charge in [-0.05, 0) is 54.8 Å². The van der Waals surface area contributed by atoms with E-state index >= 15 is 0 Å². The van der Waals surface area contributed by atoms with Crippen molar-refractivity contribution >= 4 is 43.6 Å². The zero-order valence-corrected chi connectivity index (χ0v) is 17.4. The summed E-state index contributed by atoms with van der Waals surface area (Å²) in [6.45, 7) is 4.48. The molecule has 5 nitrogen and oxygen atoms in total. The lowest BCUT2D eigenvalue weighted by Crippen LogP contribution is -2.30. The number of nitrogens with zero attached hydrogens (tertiary/aromatic N) is 3. The SMILES string of the molecule is Cc1cc(C)c2nc(N(Cc3cccnc3)C(=O)c3cc4ccccc4o3)sc2c1. The van der Waals surface area contributed by atoms with Gasteiger partial charge >= 0.3 is 0 Å². The van der Waals surface area contributed by atoms with E-state index in [1.807, 2.05) is 43.3 Å². The minimum Gasteiger partial charge on any atom is -0.451 e. The summed E-state index contributed by atoms with van der Waals surface area (Å²) in [4.78, 5) is 24.2. The van der Waals surface area contributed by atoms with Crippen molar-refractivity contribution in [3.05, 3.63) is 89.4 Å². The highest BCUT2D eigenvalue weighted by Gasteiger charge is 2.25. The summed E-state index contributed by atoms with van der Waals surface area (Å²) < 4.78 is 6.92. The number of aromatic nitrogens is 2. The molecule has 1 amide bonds. The number of furan rings is 1. The predicted molar refractivity (Wildman–Crippen MR) is 120 cm³/mol. The summed E-state index contributed by atoms with van der Waals surface area (Å²) in [7, 11) is 0. The third-order valence-corrected chi connectivity index (χ3v) is 6.02. The fourth-order valence-corrected chi connectivity index (χ4v) is 4.73. The third kappa shape index (κ3) is 3.35. The number of amides is 1. The van der Waals surface area contributed by atoms with E-state index in [4.69, 9.17) is 9.40 Å². The highest BCUT2D eigenvalue weighted by molar-refractivity contribution is 7.22. The van der Waals surface area contributed by atoms with E-state index < -0.39 is 0 Å². The number of fused-ring (bicyclic) bond motifs is 2. The molecule has 0 aliphatic rings. The zero-order chi connectivity index (χ0) is 20.7. The third-order valence-electron chi connectivity index (χ3n) is 4.99. The van der Waals surface area contributed by atoms with Gasteiger partial charge < -0.3 is 4.42 Å². The fraction of sp³-hybridized carbons (Fsp3) is 0.125. The molecule has 0 fully saturated rings. The number of aryl methyl sites for hydroxylation is 2. The first-order valence-corrected chi connectivity index (χ1v) is 10.5. The number of pyridine rings is 1. The Balaban J connectivity index is 1.61. The first-order chi connectivity index (χ1) is 14.6. The lowest BCUT2D eigenvalue weighted by atomic mass is 10.1. The summed E-state index contributed by atoms with van der Waals surface area (Å²) in [5.41, 5.74) is 4.82. The Morgan fingerprint density at radius 2 is 1.97 bits per heavy atom. The summed E-state index contributed by atoms with van der Waals surface area (Å²) in [6, 6.07) is 17.4. The number of hydrogen-bond donors (Lipinski definition) is 0. The van der Waals surface area contributed by atoms with Crippen LogP contribution in [0.2, 0.25) is 0 Å². The molecule has 0 radical (unpaired) electrons. The molecule has 5 aromatic rings. The number of para-hydroxylation sites is 1. The Morgan fingerprint density at radius 3 is 2.77 bits per heavy atom. The number of carbonyl (C=O) groups is 1. The van der Waals surface area contributed by atoms with Crippen LogP contribution in [0.25, 0.3) is 21.2 Å². The molecule has 0 N–H and O–H groups in total. The molecule has 0 aliphatic heterocycles. The molecule has 3 aromatic heterocycles. The quantitative estimate of drug-likeness (QED) is 0.368. The first-order valence-electron chi connectivity index (χ1n) is 9.65. The van der Waals surface area contributed by atoms with Crippen LogP contribution in [0.4, 0.5) is 5.13 Å².